The van der Waals surface area contributed by atoms with Gasteiger partial charge in [0.15, 0.2) is 0 Å². The van der Waals surface area contributed by atoms with Gasteiger partial charge in [-0.3, -0.25) is 19.3 Å². The largest absolute Gasteiger partial charge is 0.480 e. The third-order valence-corrected chi connectivity index (χ3v) is 3.24. The minimum Gasteiger partial charge on any atom is -0.480 e. The third-order valence-electron chi connectivity index (χ3n) is 3.24. The van der Waals surface area contributed by atoms with E-state index in [4.69, 9.17) is 5.11 Å². The maximum atomic E-state index is 11.9. The van der Waals surface area contributed by atoms with Gasteiger partial charge < -0.3 is 15.7 Å². The average Bonchev–Trinajstić information content (AvgIpc) is 2.46. The number of amides is 2. The molecule has 1 aliphatic rings. The number of nitrogens with one attached hydrogen (secondary N) is 2. The van der Waals surface area contributed by atoms with Crippen LogP contribution in [0, 0.1) is 0 Å². The van der Waals surface area contributed by atoms with E-state index in [1.165, 1.54) is 4.90 Å². The number of benzene rings is 1. The average molecular weight is 291 g/mol. The molecular formula is C14H17N3O4. The Bertz CT molecular complexity index is 532. The topological polar surface area (TPSA) is 98.7 Å². The van der Waals surface area contributed by atoms with Gasteiger partial charge in [-0.2, -0.15) is 0 Å². The van der Waals surface area contributed by atoms with Gasteiger partial charge in [0.05, 0.1) is 13.1 Å². The second-order valence-corrected chi connectivity index (χ2v) is 4.83. The van der Waals surface area contributed by atoms with Crippen molar-refractivity contribution in [2.24, 2.45) is 0 Å². The first kappa shape index (κ1) is 15.0. The van der Waals surface area contributed by atoms with E-state index in [1.54, 1.807) is 0 Å². The summed E-state index contributed by atoms with van der Waals surface area (Å²) < 4.78 is 0. The summed E-state index contributed by atoms with van der Waals surface area (Å²) in [6.07, 6.45) is 0. The van der Waals surface area contributed by atoms with Gasteiger partial charge in [-0.25, -0.2) is 0 Å². The Labute approximate surface area is 121 Å². The van der Waals surface area contributed by atoms with E-state index in [0.717, 1.165) is 5.56 Å². The SMILES string of the molecule is O=C(CN1CC(=O)NCC1C(=O)O)NCc1ccccc1. The number of carbonyl (C=O) groups excluding carboxylic acids is 2. The van der Waals surface area contributed by atoms with Gasteiger partial charge in [-0.05, 0) is 5.56 Å². The van der Waals surface area contributed by atoms with Crippen molar-refractivity contribution in [3.63, 3.8) is 0 Å². The van der Waals surface area contributed by atoms with Gasteiger partial charge in [-0.1, -0.05) is 30.3 Å². The van der Waals surface area contributed by atoms with Crippen molar-refractivity contribution in [3.05, 3.63) is 35.9 Å². The fourth-order valence-corrected chi connectivity index (χ4v) is 2.14. The van der Waals surface area contributed by atoms with Crippen LogP contribution in [-0.4, -0.2) is 53.5 Å². The van der Waals surface area contributed by atoms with Gasteiger partial charge in [0, 0.05) is 13.1 Å². The Balaban J connectivity index is 1.88. The maximum Gasteiger partial charge on any atom is 0.322 e. The van der Waals surface area contributed by atoms with Crippen LogP contribution < -0.4 is 10.6 Å². The van der Waals surface area contributed by atoms with Crippen molar-refractivity contribution in [1.82, 2.24) is 15.5 Å². The van der Waals surface area contributed by atoms with Crippen LogP contribution in [0.15, 0.2) is 30.3 Å². The molecule has 21 heavy (non-hydrogen) atoms. The molecule has 1 unspecified atom stereocenters. The van der Waals surface area contributed by atoms with Crippen LogP contribution in [0.1, 0.15) is 5.56 Å². The molecule has 1 atom stereocenters. The Morgan fingerprint density at radius 3 is 2.71 bits per heavy atom. The molecule has 1 fully saturated rings. The second kappa shape index (κ2) is 6.85. The predicted molar refractivity (Wildman–Crippen MR) is 74.3 cm³/mol. The molecular weight excluding hydrogens is 274 g/mol. The minimum absolute atomic E-state index is 0.0140. The van der Waals surface area contributed by atoms with Crippen LogP contribution in [0.25, 0.3) is 0 Å². The normalized spacial score (nSPS) is 18.9. The first-order valence-corrected chi connectivity index (χ1v) is 6.60. The number of piperazine rings is 1. The van der Waals surface area contributed by atoms with Crippen LogP contribution in [0.3, 0.4) is 0 Å². The van der Waals surface area contributed by atoms with Crippen molar-refractivity contribution in [3.8, 4) is 0 Å². The molecule has 0 aliphatic carbocycles. The zero-order chi connectivity index (χ0) is 15.2. The molecule has 1 aromatic carbocycles. The van der Waals surface area contributed by atoms with Gasteiger partial charge in [0.1, 0.15) is 6.04 Å². The summed E-state index contributed by atoms with van der Waals surface area (Å²) in [5, 5.41) is 14.3. The number of hydrogen-bond donors (Lipinski definition) is 3. The van der Waals surface area contributed by atoms with E-state index in [2.05, 4.69) is 10.6 Å². The number of carboxylic acid groups (broad SMARTS) is 1. The zero-order valence-corrected chi connectivity index (χ0v) is 11.4. The standard InChI is InChI=1S/C14H17N3O4/c18-12(15-6-10-4-2-1-3-5-10)8-17-9-13(19)16-7-11(17)14(20)21/h1-5,11H,6-9H2,(H,15,18)(H,16,19)(H,20,21). The van der Waals surface area contributed by atoms with Crippen molar-refractivity contribution in [1.29, 1.82) is 0 Å². The lowest BCUT2D eigenvalue weighted by molar-refractivity contribution is -0.146. The molecule has 112 valence electrons. The van der Waals surface area contributed by atoms with Crippen LogP contribution in [0.2, 0.25) is 0 Å². The molecule has 0 saturated carbocycles. The summed E-state index contributed by atoms with van der Waals surface area (Å²) in [5.41, 5.74) is 0.956. The molecule has 1 saturated heterocycles. The Kier molecular flexibility index (Phi) is 4.89. The van der Waals surface area contributed by atoms with Crippen molar-refractivity contribution < 1.29 is 19.5 Å². The van der Waals surface area contributed by atoms with Gasteiger partial charge >= 0.3 is 5.97 Å². The lowest BCUT2D eigenvalue weighted by Crippen LogP contribution is -2.59. The summed E-state index contributed by atoms with van der Waals surface area (Å²) in [7, 11) is 0. The smallest absolute Gasteiger partial charge is 0.322 e. The number of nitrogens with zero attached hydrogens (tertiary/aromatic N) is 1. The molecule has 1 aliphatic heterocycles. The van der Waals surface area contributed by atoms with Gasteiger partial charge in [-0.15, -0.1) is 0 Å². The molecule has 2 amide bonds. The van der Waals surface area contributed by atoms with Crippen LogP contribution >= 0.6 is 0 Å². The Hall–Kier alpha value is -2.41. The highest BCUT2D eigenvalue weighted by Crippen LogP contribution is 2.04. The highest BCUT2D eigenvalue weighted by atomic mass is 16.4. The molecule has 1 heterocycles. The van der Waals surface area contributed by atoms with Gasteiger partial charge in [0.2, 0.25) is 11.8 Å². The Morgan fingerprint density at radius 2 is 2.05 bits per heavy atom. The number of aliphatic carboxylic acids is 1. The summed E-state index contributed by atoms with van der Waals surface area (Å²) in [6, 6.07) is 8.52. The Morgan fingerprint density at radius 1 is 1.33 bits per heavy atom. The molecule has 0 radical (unpaired) electrons. The molecule has 7 nitrogen and oxygen atoms in total. The van der Waals surface area contributed by atoms with E-state index < -0.39 is 12.0 Å². The van der Waals surface area contributed by atoms with E-state index in [9.17, 15) is 14.4 Å². The molecule has 0 aromatic heterocycles. The highest BCUT2D eigenvalue weighted by molar-refractivity contribution is 5.85. The molecule has 0 bridgehead atoms. The fraction of sp³-hybridized carbons (Fsp3) is 0.357. The number of carboxylic acids is 1. The summed E-state index contributed by atoms with van der Waals surface area (Å²) in [6.45, 7) is 0.185. The number of hydrogen-bond acceptors (Lipinski definition) is 4. The molecule has 2 rings (SSSR count). The predicted octanol–water partition coefficient (Wildman–Crippen LogP) is -0.812. The first-order valence-electron chi connectivity index (χ1n) is 6.60. The zero-order valence-electron chi connectivity index (χ0n) is 11.4. The summed E-state index contributed by atoms with van der Waals surface area (Å²) in [4.78, 5) is 35.7. The quantitative estimate of drug-likeness (QED) is 0.659. The lowest BCUT2D eigenvalue weighted by atomic mass is 10.2. The van der Waals surface area contributed by atoms with E-state index in [-0.39, 0.29) is 31.4 Å². The fourth-order valence-electron chi connectivity index (χ4n) is 2.14. The molecule has 3 N–H and O–H groups in total. The highest BCUT2D eigenvalue weighted by Gasteiger charge is 2.32. The van der Waals surface area contributed by atoms with Crippen LogP contribution in [0.5, 0.6) is 0 Å². The summed E-state index contributed by atoms with van der Waals surface area (Å²) in [5.74, 6) is -1.63. The van der Waals surface area contributed by atoms with E-state index >= 15 is 0 Å². The molecule has 1 aromatic rings. The van der Waals surface area contributed by atoms with Crippen LogP contribution in [0.4, 0.5) is 0 Å². The van der Waals surface area contributed by atoms with E-state index in [0.29, 0.717) is 6.54 Å². The monoisotopic (exact) mass is 291 g/mol. The van der Waals surface area contributed by atoms with Crippen LogP contribution in [-0.2, 0) is 20.9 Å². The maximum absolute atomic E-state index is 11.9. The minimum atomic E-state index is -1.05. The third kappa shape index (κ3) is 4.28. The van der Waals surface area contributed by atoms with E-state index in [1.807, 2.05) is 30.3 Å². The summed E-state index contributed by atoms with van der Waals surface area (Å²) >= 11 is 0. The van der Waals surface area contributed by atoms with Crippen molar-refractivity contribution in [2.75, 3.05) is 19.6 Å². The molecule has 0 spiro atoms. The van der Waals surface area contributed by atoms with Crippen molar-refractivity contribution >= 4 is 17.8 Å². The lowest BCUT2D eigenvalue weighted by Gasteiger charge is -2.31. The number of rotatable bonds is 5. The first-order chi connectivity index (χ1) is 10.1. The number of carbonyl (C=O) groups is 3. The van der Waals surface area contributed by atoms with Gasteiger partial charge in [0.25, 0.3) is 0 Å². The second-order valence-electron chi connectivity index (χ2n) is 4.83. The molecule has 7 heteroatoms. The van der Waals surface area contributed by atoms with Crippen molar-refractivity contribution in [2.45, 2.75) is 12.6 Å².